The van der Waals surface area contributed by atoms with E-state index in [2.05, 4.69) is 0 Å². The van der Waals surface area contributed by atoms with E-state index in [4.69, 9.17) is 19.4 Å². The van der Waals surface area contributed by atoms with Crippen molar-refractivity contribution in [3.8, 4) is 11.5 Å². The highest BCUT2D eigenvalue weighted by Crippen LogP contribution is 2.32. The number of aliphatic hydroxyl groups is 1. The maximum atomic E-state index is 10.9. The Kier molecular flexibility index (Phi) is 5.99. The minimum Gasteiger partial charge on any atom is -0.493 e. The van der Waals surface area contributed by atoms with E-state index in [0.717, 1.165) is 31.1 Å². The first kappa shape index (κ1) is 16.0. The monoisotopic (exact) mass is 282 g/mol. The highest BCUT2D eigenvalue weighted by molar-refractivity contribution is 5.70. The zero-order chi connectivity index (χ0) is 15.1. The largest absolute Gasteiger partial charge is 0.493 e. The van der Waals surface area contributed by atoms with E-state index in [1.165, 1.54) is 6.92 Å². The van der Waals surface area contributed by atoms with Crippen molar-refractivity contribution in [1.82, 2.24) is 0 Å². The predicted octanol–water partition coefficient (Wildman–Crippen LogP) is 1.52. The fourth-order valence-corrected chi connectivity index (χ4v) is 1.79. The van der Waals surface area contributed by atoms with Crippen molar-refractivity contribution in [3.05, 3.63) is 23.3 Å². The van der Waals surface area contributed by atoms with Gasteiger partial charge in [-0.3, -0.25) is 9.59 Å². The molecule has 6 heteroatoms. The standard InChI is InChI=1S/C12H14O4.C2H4O2/c1-8(14)16-12-5-9-3-2-4-15-11(9)6-10(12)7-13;1-2(3)4/h5-6,13H,2-4,7H2,1H3;1H3,(H,3,4). The number of carbonyl (C=O) groups excluding carboxylic acids is 1. The van der Waals surface area contributed by atoms with Gasteiger partial charge in [0.2, 0.25) is 0 Å². The number of carboxylic acids is 1. The minimum atomic E-state index is -0.833. The van der Waals surface area contributed by atoms with Crippen LogP contribution in [0, 0.1) is 0 Å². The molecule has 0 bridgehead atoms. The molecule has 0 saturated heterocycles. The SMILES string of the molecule is CC(=O)O.CC(=O)Oc1cc2c(cc1CO)OCCC2. The molecule has 0 spiro atoms. The van der Waals surface area contributed by atoms with Crippen LogP contribution in [0.5, 0.6) is 11.5 Å². The van der Waals surface area contributed by atoms with E-state index < -0.39 is 5.97 Å². The van der Waals surface area contributed by atoms with Gasteiger partial charge in [0, 0.05) is 19.4 Å². The van der Waals surface area contributed by atoms with Crippen LogP contribution in [0.25, 0.3) is 0 Å². The Morgan fingerprint density at radius 3 is 2.55 bits per heavy atom. The van der Waals surface area contributed by atoms with Crippen LogP contribution in [0.15, 0.2) is 12.1 Å². The molecule has 0 fully saturated rings. The summed E-state index contributed by atoms with van der Waals surface area (Å²) in [4.78, 5) is 19.9. The van der Waals surface area contributed by atoms with Crippen molar-refractivity contribution in [1.29, 1.82) is 0 Å². The summed E-state index contributed by atoms with van der Waals surface area (Å²) in [5.74, 6) is -0.00294. The number of carbonyl (C=O) groups is 2. The number of hydrogen-bond acceptors (Lipinski definition) is 5. The maximum Gasteiger partial charge on any atom is 0.308 e. The molecule has 0 aliphatic carbocycles. The second-order valence-electron chi connectivity index (χ2n) is 4.29. The fraction of sp³-hybridized carbons (Fsp3) is 0.429. The van der Waals surface area contributed by atoms with Gasteiger partial charge >= 0.3 is 5.97 Å². The Balaban J connectivity index is 0.000000444. The van der Waals surface area contributed by atoms with Crippen LogP contribution in [0.3, 0.4) is 0 Å². The molecule has 0 aromatic heterocycles. The molecule has 1 aromatic rings. The zero-order valence-corrected chi connectivity index (χ0v) is 11.5. The Labute approximate surface area is 116 Å². The van der Waals surface area contributed by atoms with Gasteiger partial charge < -0.3 is 19.7 Å². The van der Waals surface area contributed by atoms with Crippen LogP contribution in [-0.4, -0.2) is 28.8 Å². The summed E-state index contributed by atoms with van der Waals surface area (Å²) in [5, 5.41) is 16.6. The van der Waals surface area contributed by atoms with Crippen LogP contribution in [0.1, 0.15) is 31.4 Å². The molecule has 1 aliphatic rings. The average molecular weight is 282 g/mol. The third-order valence-electron chi connectivity index (χ3n) is 2.52. The molecule has 1 aliphatic heterocycles. The van der Waals surface area contributed by atoms with Gasteiger partial charge in [-0.05, 0) is 30.5 Å². The summed E-state index contributed by atoms with van der Waals surface area (Å²) in [6.45, 7) is 2.96. The number of aliphatic hydroxyl groups excluding tert-OH is 1. The van der Waals surface area contributed by atoms with E-state index in [0.29, 0.717) is 17.9 Å². The summed E-state index contributed by atoms with van der Waals surface area (Å²) in [6, 6.07) is 3.52. The number of ether oxygens (including phenoxy) is 2. The number of fused-ring (bicyclic) bond motifs is 1. The van der Waals surface area contributed by atoms with Crippen molar-refractivity contribution in [2.75, 3.05) is 6.61 Å². The molecule has 1 aromatic carbocycles. The number of aryl methyl sites for hydroxylation is 1. The number of benzene rings is 1. The van der Waals surface area contributed by atoms with Crippen molar-refractivity contribution >= 4 is 11.9 Å². The zero-order valence-electron chi connectivity index (χ0n) is 11.5. The first-order valence-electron chi connectivity index (χ1n) is 6.21. The summed E-state index contributed by atoms with van der Waals surface area (Å²) >= 11 is 0. The van der Waals surface area contributed by atoms with Crippen molar-refractivity contribution in [2.45, 2.75) is 33.3 Å². The summed E-state index contributed by atoms with van der Waals surface area (Å²) in [7, 11) is 0. The van der Waals surface area contributed by atoms with E-state index >= 15 is 0 Å². The van der Waals surface area contributed by atoms with Gasteiger partial charge in [0.1, 0.15) is 11.5 Å². The predicted molar refractivity (Wildman–Crippen MR) is 70.8 cm³/mol. The van der Waals surface area contributed by atoms with Crippen LogP contribution in [0.2, 0.25) is 0 Å². The first-order chi connectivity index (χ1) is 9.43. The van der Waals surface area contributed by atoms with Crippen molar-refractivity contribution in [2.24, 2.45) is 0 Å². The molecular weight excluding hydrogens is 264 g/mol. The van der Waals surface area contributed by atoms with E-state index in [1.54, 1.807) is 12.1 Å². The molecule has 2 N–H and O–H groups in total. The summed E-state index contributed by atoms with van der Waals surface area (Å²) in [6.07, 6.45) is 1.88. The fourth-order valence-electron chi connectivity index (χ4n) is 1.79. The third kappa shape index (κ3) is 4.89. The quantitative estimate of drug-likeness (QED) is 0.631. The smallest absolute Gasteiger partial charge is 0.308 e. The van der Waals surface area contributed by atoms with Crippen molar-refractivity contribution in [3.63, 3.8) is 0 Å². The van der Waals surface area contributed by atoms with Gasteiger partial charge in [-0.25, -0.2) is 0 Å². The summed E-state index contributed by atoms with van der Waals surface area (Å²) < 4.78 is 10.5. The first-order valence-corrected chi connectivity index (χ1v) is 6.21. The van der Waals surface area contributed by atoms with Crippen LogP contribution in [-0.2, 0) is 22.6 Å². The van der Waals surface area contributed by atoms with Gasteiger partial charge in [0.25, 0.3) is 5.97 Å². The highest BCUT2D eigenvalue weighted by Gasteiger charge is 2.15. The number of esters is 1. The Hall–Kier alpha value is -2.08. The second-order valence-corrected chi connectivity index (χ2v) is 4.29. The Morgan fingerprint density at radius 1 is 1.35 bits per heavy atom. The van der Waals surface area contributed by atoms with Gasteiger partial charge in [-0.1, -0.05) is 0 Å². The third-order valence-corrected chi connectivity index (χ3v) is 2.52. The molecule has 1 heterocycles. The normalized spacial score (nSPS) is 12.3. The topological polar surface area (TPSA) is 93.1 Å². The minimum absolute atomic E-state index is 0.167. The molecule has 110 valence electrons. The molecule has 20 heavy (non-hydrogen) atoms. The lowest BCUT2D eigenvalue weighted by atomic mass is 10.0. The maximum absolute atomic E-state index is 10.9. The van der Waals surface area contributed by atoms with E-state index in [9.17, 15) is 9.90 Å². The van der Waals surface area contributed by atoms with Gasteiger partial charge in [-0.15, -0.1) is 0 Å². The Morgan fingerprint density at radius 2 is 2.00 bits per heavy atom. The number of aliphatic carboxylic acids is 1. The van der Waals surface area contributed by atoms with E-state index in [1.807, 2.05) is 0 Å². The molecule has 0 amide bonds. The van der Waals surface area contributed by atoms with Gasteiger partial charge in [0.05, 0.1) is 13.2 Å². The van der Waals surface area contributed by atoms with E-state index in [-0.39, 0.29) is 12.6 Å². The molecule has 6 nitrogen and oxygen atoms in total. The van der Waals surface area contributed by atoms with Crippen LogP contribution < -0.4 is 9.47 Å². The number of hydrogen-bond donors (Lipinski definition) is 2. The lowest BCUT2D eigenvalue weighted by molar-refractivity contribution is -0.134. The lowest BCUT2D eigenvalue weighted by Crippen LogP contribution is -2.11. The van der Waals surface area contributed by atoms with Crippen molar-refractivity contribution < 1.29 is 29.3 Å². The van der Waals surface area contributed by atoms with Crippen LogP contribution >= 0.6 is 0 Å². The highest BCUT2D eigenvalue weighted by atomic mass is 16.5. The van der Waals surface area contributed by atoms with Crippen LogP contribution in [0.4, 0.5) is 0 Å². The molecular formula is C14H18O6. The summed E-state index contributed by atoms with van der Waals surface area (Å²) in [5.41, 5.74) is 1.61. The number of carboxylic acid groups (broad SMARTS) is 1. The number of rotatable bonds is 2. The molecule has 0 unspecified atom stereocenters. The van der Waals surface area contributed by atoms with Gasteiger partial charge in [-0.2, -0.15) is 0 Å². The molecule has 0 atom stereocenters. The second kappa shape index (κ2) is 7.49. The molecule has 0 saturated carbocycles. The average Bonchev–Trinajstić information content (AvgIpc) is 2.36. The Bertz CT molecular complexity index is 491. The van der Waals surface area contributed by atoms with Gasteiger partial charge in [0.15, 0.2) is 0 Å². The molecule has 2 rings (SSSR count). The lowest BCUT2D eigenvalue weighted by Gasteiger charge is -2.19. The molecule has 0 radical (unpaired) electrons.